The fourth-order valence-corrected chi connectivity index (χ4v) is 5.04. The molecule has 2 aromatic rings. The maximum absolute atomic E-state index is 12.5. The number of carbonyl (C=O) groups excluding carboxylic acids is 2. The van der Waals surface area contributed by atoms with E-state index in [0.717, 1.165) is 23.1 Å². The van der Waals surface area contributed by atoms with E-state index in [0.29, 0.717) is 25.7 Å². The number of hydrogen-bond acceptors (Lipinski definition) is 6. The van der Waals surface area contributed by atoms with Crippen LogP contribution in [-0.4, -0.2) is 62.5 Å². The van der Waals surface area contributed by atoms with Gasteiger partial charge in [-0.1, -0.05) is 66.8 Å². The Bertz CT molecular complexity index is 1160. The third-order valence-corrected chi connectivity index (χ3v) is 7.71. The Morgan fingerprint density at radius 3 is 2.58 bits per heavy atom. The van der Waals surface area contributed by atoms with Gasteiger partial charge >= 0.3 is 0 Å². The predicted molar refractivity (Wildman–Crippen MR) is 155 cm³/mol. The zero-order chi connectivity index (χ0) is 29.1. The Morgan fingerprint density at radius 1 is 1.10 bits per heavy atom. The molecule has 0 spiro atoms. The Balaban J connectivity index is 1.39. The van der Waals surface area contributed by atoms with Crippen LogP contribution >= 0.6 is 0 Å². The van der Waals surface area contributed by atoms with Crippen molar-refractivity contribution in [3.63, 3.8) is 0 Å². The summed E-state index contributed by atoms with van der Waals surface area (Å²) in [5.41, 5.74) is 2.66. The van der Waals surface area contributed by atoms with Gasteiger partial charge in [-0.15, -0.1) is 0 Å². The molecule has 1 aliphatic carbocycles. The number of nitrogens with zero attached hydrogens (tertiary/aromatic N) is 1. The van der Waals surface area contributed by atoms with E-state index in [4.69, 9.17) is 0 Å². The van der Waals surface area contributed by atoms with Crippen LogP contribution in [0.4, 0.5) is 0 Å². The quantitative estimate of drug-likeness (QED) is 0.159. The lowest BCUT2D eigenvalue weighted by Crippen LogP contribution is -2.38. The highest BCUT2D eigenvalue weighted by Crippen LogP contribution is 2.33. The van der Waals surface area contributed by atoms with Gasteiger partial charge in [0.25, 0.3) is 0 Å². The van der Waals surface area contributed by atoms with Gasteiger partial charge in [0.15, 0.2) is 0 Å². The zero-order valence-electron chi connectivity index (χ0n) is 23.5. The van der Waals surface area contributed by atoms with E-state index in [-0.39, 0.29) is 48.5 Å². The van der Waals surface area contributed by atoms with Gasteiger partial charge in [-0.2, -0.15) is 0 Å². The topological polar surface area (TPSA) is 118 Å². The number of carbonyl (C=O) groups is 2. The molecule has 7 nitrogen and oxygen atoms in total. The maximum atomic E-state index is 12.5. The van der Waals surface area contributed by atoms with E-state index in [2.05, 4.69) is 0 Å². The molecule has 0 bridgehead atoms. The first-order valence-corrected chi connectivity index (χ1v) is 14.1. The normalized spacial score (nSPS) is 20.8. The van der Waals surface area contributed by atoms with E-state index in [1.165, 1.54) is 4.90 Å². The van der Waals surface area contributed by atoms with Crippen molar-refractivity contribution in [2.45, 2.75) is 76.7 Å². The number of ketones is 1. The Labute approximate surface area is 237 Å². The highest BCUT2D eigenvalue weighted by atomic mass is 16.3. The molecule has 0 heterocycles. The van der Waals surface area contributed by atoms with Gasteiger partial charge in [-0.25, -0.2) is 0 Å². The second-order valence-electron chi connectivity index (χ2n) is 10.8. The first-order valence-electron chi connectivity index (χ1n) is 14.1. The summed E-state index contributed by atoms with van der Waals surface area (Å²) in [4.78, 5) is 26.3. The number of aromatic hydroxyl groups is 1. The monoisotopic (exact) mass is 549 g/mol. The van der Waals surface area contributed by atoms with Crippen LogP contribution in [0.1, 0.15) is 55.2 Å². The molecule has 0 saturated heterocycles. The molecule has 40 heavy (non-hydrogen) atoms. The SMILES string of the molecule is Cc1ccc(CC(O)N(C)C(=O)CCC/C=C\C[C@H]2C(=O)C[C@@H](O)[C@@H]2/C=C/[C@@H](O)CCc2ccccc2)cc1O. The third-order valence-electron chi connectivity index (χ3n) is 7.71. The zero-order valence-corrected chi connectivity index (χ0v) is 23.5. The minimum atomic E-state index is -0.980. The van der Waals surface area contributed by atoms with Crippen LogP contribution in [-0.2, 0) is 22.4 Å². The van der Waals surface area contributed by atoms with Gasteiger partial charge in [-0.3, -0.25) is 9.59 Å². The number of phenols is 1. The molecule has 0 radical (unpaired) electrons. The van der Waals surface area contributed by atoms with E-state index in [1.807, 2.05) is 48.6 Å². The summed E-state index contributed by atoms with van der Waals surface area (Å²) < 4.78 is 0. The van der Waals surface area contributed by atoms with Crippen molar-refractivity contribution in [2.75, 3.05) is 7.05 Å². The second-order valence-corrected chi connectivity index (χ2v) is 10.8. The molecule has 4 N–H and O–H groups in total. The lowest BCUT2D eigenvalue weighted by Gasteiger charge is -2.24. The number of hydrogen-bond donors (Lipinski definition) is 4. The van der Waals surface area contributed by atoms with Crippen molar-refractivity contribution in [3.05, 3.63) is 89.5 Å². The largest absolute Gasteiger partial charge is 0.508 e. The van der Waals surface area contributed by atoms with Crippen LogP contribution in [0.25, 0.3) is 0 Å². The lowest BCUT2D eigenvalue weighted by molar-refractivity contribution is -0.138. The standard InChI is InChI=1S/C33H43NO6/c1-23-14-15-25(20-29(23)36)21-33(40)34(2)32(39)13-9-4-3-8-12-27-28(31(38)22-30(27)37)19-18-26(35)17-16-24-10-6-5-7-11-24/h3,5-8,10-11,14-15,18-20,26-28,31,33,35-36,38,40H,4,9,12-13,16-17,21-22H2,1-2H3/b8-3-,19-18+/t26-,27+,28+,31+,33?/m0/s1. The Kier molecular flexibility index (Phi) is 12.1. The highest BCUT2D eigenvalue weighted by molar-refractivity contribution is 5.84. The van der Waals surface area contributed by atoms with Crippen molar-refractivity contribution in [1.29, 1.82) is 0 Å². The molecule has 0 aliphatic heterocycles. The Hall–Kier alpha value is -3.26. The average molecular weight is 550 g/mol. The predicted octanol–water partition coefficient (Wildman–Crippen LogP) is 4.25. The smallest absolute Gasteiger partial charge is 0.224 e. The van der Waals surface area contributed by atoms with Gasteiger partial charge < -0.3 is 25.3 Å². The molecular weight excluding hydrogens is 506 g/mol. The molecule has 1 amide bonds. The van der Waals surface area contributed by atoms with Crippen LogP contribution in [0.2, 0.25) is 0 Å². The van der Waals surface area contributed by atoms with Crippen LogP contribution in [0, 0.1) is 18.8 Å². The van der Waals surface area contributed by atoms with Gasteiger partial charge in [0.05, 0.1) is 12.2 Å². The summed E-state index contributed by atoms with van der Waals surface area (Å²) in [6.45, 7) is 1.80. The van der Waals surface area contributed by atoms with Gasteiger partial charge in [0, 0.05) is 38.1 Å². The number of Topliss-reactive ketones (excluding diaryl/α,β-unsaturated/α-hetero) is 1. The van der Waals surface area contributed by atoms with Crippen molar-refractivity contribution < 1.29 is 30.0 Å². The summed E-state index contributed by atoms with van der Waals surface area (Å²) in [6.07, 6.45) is 8.73. The van der Waals surface area contributed by atoms with E-state index >= 15 is 0 Å². The molecular formula is C33H43NO6. The summed E-state index contributed by atoms with van der Waals surface area (Å²) >= 11 is 0. The molecule has 5 atom stereocenters. The number of benzene rings is 2. The van der Waals surface area contributed by atoms with E-state index in [1.54, 1.807) is 38.3 Å². The van der Waals surface area contributed by atoms with Crippen LogP contribution < -0.4 is 0 Å². The number of unbranched alkanes of at least 4 members (excludes halogenated alkanes) is 1. The molecule has 1 aliphatic rings. The number of aryl methyl sites for hydroxylation is 2. The van der Waals surface area contributed by atoms with Crippen LogP contribution in [0.3, 0.4) is 0 Å². The molecule has 1 saturated carbocycles. The molecule has 7 heteroatoms. The first-order chi connectivity index (χ1) is 19.2. The summed E-state index contributed by atoms with van der Waals surface area (Å²) in [7, 11) is 1.57. The number of allylic oxidation sites excluding steroid dienone is 2. The number of phenolic OH excluding ortho intramolecular Hbond substituents is 1. The fraction of sp³-hybridized carbons (Fsp3) is 0.455. The molecule has 2 aromatic carbocycles. The number of rotatable bonds is 14. The van der Waals surface area contributed by atoms with Crippen molar-refractivity contribution in [2.24, 2.45) is 11.8 Å². The third kappa shape index (κ3) is 9.44. The molecule has 216 valence electrons. The molecule has 0 aromatic heterocycles. The minimum Gasteiger partial charge on any atom is -0.508 e. The van der Waals surface area contributed by atoms with Crippen molar-refractivity contribution >= 4 is 11.7 Å². The van der Waals surface area contributed by atoms with Gasteiger partial charge in [0.1, 0.15) is 17.8 Å². The van der Waals surface area contributed by atoms with Gasteiger partial charge in [-0.05, 0) is 61.8 Å². The van der Waals surface area contributed by atoms with Gasteiger partial charge in [0.2, 0.25) is 5.91 Å². The summed E-state index contributed by atoms with van der Waals surface area (Å²) in [5, 5.41) is 41.1. The number of aliphatic hydroxyl groups is 3. The summed E-state index contributed by atoms with van der Waals surface area (Å²) in [5.74, 6) is -0.623. The van der Waals surface area contributed by atoms with Crippen molar-refractivity contribution in [1.82, 2.24) is 4.90 Å². The maximum Gasteiger partial charge on any atom is 0.224 e. The minimum absolute atomic E-state index is 0.0262. The highest BCUT2D eigenvalue weighted by Gasteiger charge is 2.39. The van der Waals surface area contributed by atoms with E-state index in [9.17, 15) is 30.0 Å². The number of likely N-dealkylation sites (N-methyl/N-ethyl adjacent to an activating group) is 1. The second kappa shape index (κ2) is 15.5. The molecule has 1 fully saturated rings. The Morgan fingerprint density at radius 2 is 1.85 bits per heavy atom. The van der Waals surface area contributed by atoms with Crippen molar-refractivity contribution in [3.8, 4) is 5.75 Å². The fourth-order valence-electron chi connectivity index (χ4n) is 5.04. The number of aliphatic hydroxyl groups excluding tert-OH is 3. The number of amides is 1. The van der Waals surface area contributed by atoms with Crippen LogP contribution in [0.15, 0.2) is 72.8 Å². The molecule has 3 rings (SSSR count). The van der Waals surface area contributed by atoms with E-state index < -0.39 is 18.4 Å². The van der Waals surface area contributed by atoms with Crippen LogP contribution in [0.5, 0.6) is 5.75 Å². The summed E-state index contributed by atoms with van der Waals surface area (Å²) in [6, 6.07) is 15.1. The molecule has 1 unspecified atom stereocenters. The lowest BCUT2D eigenvalue weighted by atomic mass is 9.90. The average Bonchev–Trinajstić information content (AvgIpc) is 3.21. The first kappa shape index (κ1) is 31.3.